The number of nitrogens with zero attached hydrogens (tertiary/aromatic N) is 1. The van der Waals surface area contributed by atoms with Crippen LogP contribution in [0.4, 0.5) is 0 Å². The molecule has 3 aromatic rings. The fourth-order valence-electron chi connectivity index (χ4n) is 3.60. The average Bonchev–Trinajstić information content (AvgIpc) is 2.78. The minimum Gasteiger partial charge on any atom is -0.482 e. The second kappa shape index (κ2) is 9.45. The summed E-state index contributed by atoms with van der Waals surface area (Å²) in [5.41, 5.74) is 8.29. The van der Waals surface area contributed by atoms with Crippen LogP contribution < -0.4 is 19.9 Å². The van der Waals surface area contributed by atoms with E-state index < -0.39 is 11.9 Å². The van der Waals surface area contributed by atoms with E-state index in [1.165, 1.54) is 6.07 Å². The molecule has 0 saturated heterocycles. The van der Waals surface area contributed by atoms with E-state index in [1.54, 1.807) is 36.4 Å². The number of benzene rings is 3. The Balaban J connectivity index is 1.60. The van der Waals surface area contributed by atoms with Crippen LogP contribution in [-0.4, -0.2) is 12.6 Å². The van der Waals surface area contributed by atoms with Gasteiger partial charge in [0.05, 0.1) is 5.92 Å². The van der Waals surface area contributed by atoms with Gasteiger partial charge in [0.25, 0.3) is 0 Å². The van der Waals surface area contributed by atoms with Crippen LogP contribution in [-0.2, 0) is 4.79 Å². The predicted molar refractivity (Wildman–Crippen MR) is 125 cm³/mol. The zero-order valence-electron chi connectivity index (χ0n) is 17.5. The molecule has 0 fully saturated rings. The van der Waals surface area contributed by atoms with E-state index >= 15 is 0 Å². The van der Waals surface area contributed by atoms with Gasteiger partial charge in [0, 0.05) is 27.2 Å². The molecule has 0 saturated carbocycles. The molecule has 1 aliphatic heterocycles. The third kappa shape index (κ3) is 4.61. The number of para-hydroxylation sites is 1. The number of ether oxygens (including phenoxy) is 3. The summed E-state index contributed by atoms with van der Waals surface area (Å²) in [6.07, 6.45) is 0. The Labute approximate surface area is 200 Å². The molecule has 8 heteroatoms. The molecule has 0 aromatic heterocycles. The summed E-state index contributed by atoms with van der Waals surface area (Å²) in [7, 11) is 0. The molecular weight excluding hydrogens is 463 g/mol. The SMILES string of the molecule is Cc1ccccc1OCC(=O)Oc1ccc2c(c1)OC(N)=C(C#N)C2c1c(Cl)cccc1Cl. The molecule has 0 aliphatic carbocycles. The lowest BCUT2D eigenvalue weighted by atomic mass is 9.83. The number of fused-ring (bicyclic) bond motifs is 1. The normalized spacial score (nSPS) is 14.7. The van der Waals surface area contributed by atoms with Crippen molar-refractivity contribution in [2.45, 2.75) is 12.8 Å². The third-order valence-electron chi connectivity index (χ3n) is 5.15. The molecule has 33 heavy (non-hydrogen) atoms. The van der Waals surface area contributed by atoms with E-state index in [0.29, 0.717) is 32.7 Å². The maximum atomic E-state index is 12.3. The van der Waals surface area contributed by atoms with Gasteiger partial charge in [-0.25, -0.2) is 4.79 Å². The monoisotopic (exact) mass is 480 g/mol. The molecule has 0 bridgehead atoms. The van der Waals surface area contributed by atoms with Gasteiger partial charge >= 0.3 is 5.97 Å². The first-order valence-corrected chi connectivity index (χ1v) is 10.7. The van der Waals surface area contributed by atoms with Gasteiger partial charge in [-0.05, 0) is 36.8 Å². The molecule has 1 aliphatic rings. The van der Waals surface area contributed by atoms with Gasteiger partial charge in [-0.3, -0.25) is 0 Å². The maximum absolute atomic E-state index is 12.3. The van der Waals surface area contributed by atoms with E-state index in [4.69, 9.17) is 43.1 Å². The molecule has 0 amide bonds. The van der Waals surface area contributed by atoms with E-state index in [2.05, 4.69) is 6.07 Å². The second-order valence-corrected chi connectivity index (χ2v) is 8.10. The van der Waals surface area contributed by atoms with Crippen LogP contribution in [0, 0.1) is 18.3 Å². The van der Waals surface area contributed by atoms with Crippen LogP contribution in [0.2, 0.25) is 10.0 Å². The van der Waals surface area contributed by atoms with Crippen molar-refractivity contribution in [1.82, 2.24) is 0 Å². The minimum atomic E-state index is -0.630. The number of halogens is 2. The fraction of sp³-hybridized carbons (Fsp3) is 0.120. The lowest BCUT2D eigenvalue weighted by Gasteiger charge is -2.27. The predicted octanol–water partition coefficient (Wildman–Crippen LogP) is 5.50. The largest absolute Gasteiger partial charge is 0.482 e. The smallest absolute Gasteiger partial charge is 0.349 e. The highest BCUT2D eigenvalue weighted by molar-refractivity contribution is 6.36. The van der Waals surface area contributed by atoms with Crippen molar-refractivity contribution in [3.63, 3.8) is 0 Å². The van der Waals surface area contributed by atoms with Crippen molar-refractivity contribution in [3.05, 3.63) is 98.9 Å². The Morgan fingerprint density at radius 3 is 2.55 bits per heavy atom. The van der Waals surface area contributed by atoms with E-state index in [9.17, 15) is 10.1 Å². The van der Waals surface area contributed by atoms with Crippen molar-refractivity contribution in [1.29, 1.82) is 5.26 Å². The number of hydrogen-bond donors (Lipinski definition) is 1. The molecule has 2 N–H and O–H groups in total. The number of rotatable bonds is 5. The van der Waals surface area contributed by atoms with E-state index in [-0.39, 0.29) is 23.8 Å². The molecule has 1 atom stereocenters. The quantitative estimate of drug-likeness (QED) is 0.382. The summed E-state index contributed by atoms with van der Waals surface area (Å²) >= 11 is 12.8. The number of nitrogens with two attached hydrogens (primary N) is 1. The average molecular weight is 481 g/mol. The Bertz CT molecular complexity index is 1290. The van der Waals surface area contributed by atoms with Gasteiger partial charge in [-0.1, -0.05) is 53.5 Å². The van der Waals surface area contributed by atoms with Gasteiger partial charge in [0.1, 0.15) is 28.9 Å². The topological polar surface area (TPSA) is 94.6 Å². The second-order valence-electron chi connectivity index (χ2n) is 7.29. The molecule has 0 radical (unpaired) electrons. The molecule has 3 aromatic carbocycles. The number of esters is 1. The van der Waals surface area contributed by atoms with Crippen molar-refractivity contribution < 1.29 is 19.0 Å². The Hall–Kier alpha value is -3.66. The summed E-state index contributed by atoms with van der Waals surface area (Å²) in [5, 5.41) is 10.5. The van der Waals surface area contributed by atoms with Gasteiger partial charge in [0.15, 0.2) is 6.61 Å². The van der Waals surface area contributed by atoms with Gasteiger partial charge < -0.3 is 19.9 Å². The highest BCUT2D eigenvalue weighted by atomic mass is 35.5. The van der Waals surface area contributed by atoms with Crippen LogP contribution in [0.25, 0.3) is 0 Å². The summed E-state index contributed by atoms with van der Waals surface area (Å²) in [6, 6.07) is 19.4. The first-order valence-electron chi connectivity index (χ1n) is 9.93. The molecule has 1 heterocycles. The van der Waals surface area contributed by atoms with Gasteiger partial charge in [0.2, 0.25) is 5.88 Å². The molecule has 166 valence electrons. The Morgan fingerprint density at radius 1 is 1.12 bits per heavy atom. The fourth-order valence-corrected chi connectivity index (χ4v) is 4.21. The Morgan fingerprint density at radius 2 is 1.85 bits per heavy atom. The summed E-state index contributed by atoms with van der Waals surface area (Å²) in [5.74, 6) is -0.112. The first-order chi connectivity index (χ1) is 15.9. The summed E-state index contributed by atoms with van der Waals surface area (Å²) in [6.45, 7) is 1.62. The van der Waals surface area contributed by atoms with Gasteiger partial charge in [-0.15, -0.1) is 0 Å². The number of hydrogen-bond acceptors (Lipinski definition) is 6. The van der Waals surface area contributed by atoms with Crippen LogP contribution >= 0.6 is 23.2 Å². The van der Waals surface area contributed by atoms with Crippen molar-refractivity contribution in [2.75, 3.05) is 6.61 Å². The lowest BCUT2D eigenvalue weighted by molar-refractivity contribution is -0.136. The lowest BCUT2D eigenvalue weighted by Crippen LogP contribution is -2.22. The van der Waals surface area contributed by atoms with Crippen LogP contribution in [0.5, 0.6) is 17.2 Å². The number of carbonyl (C=O) groups is 1. The standard InChI is InChI=1S/C25H18Cl2N2O4/c1-14-5-2-3-8-20(14)31-13-22(30)32-15-9-10-16-21(11-15)33-25(29)17(12-28)23(16)24-18(26)6-4-7-19(24)27/h2-11,23H,13,29H2,1H3. The number of allylic oxidation sites excluding steroid dienone is 1. The van der Waals surface area contributed by atoms with Crippen LogP contribution in [0.3, 0.4) is 0 Å². The number of nitriles is 1. The Kier molecular flexibility index (Phi) is 6.45. The highest BCUT2D eigenvalue weighted by Crippen LogP contribution is 2.47. The van der Waals surface area contributed by atoms with Crippen LogP contribution in [0.1, 0.15) is 22.6 Å². The van der Waals surface area contributed by atoms with Gasteiger partial charge in [-0.2, -0.15) is 5.26 Å². The third-order valence-corrected chi connectivity index (χ3v) is 5.81. The summed E-state index contributed by atoms with van der Waals surface area (Å²) in [4.78, 5) is 12.3. The molecule has 1 unspecified atom stereocenters. The van der Waals surface area contributed by atoms with E-state index in [1.807, 2.05) is 25.1 Å². The van der Waals surface area contributed by atoms with Crippen LogP contribution in [0.15, 0.2) is 72.1 Å². The zero-order valence-corrected chi connectivity index (χ0v) is 19.0. The number of carbonyl (C=O) groups excluding carboxylic acids is 1. The molecular formula is C25H18Cl2N2O4. The minimum absolute atomic E-state index is 0.0719. The van der Waals surface area contributed by atoms with Crippen molar-refractivity contribution >= 4 is 29.2 Å². The first kappa shape index (κ1) is 22.5. The highest BCUT2D eigenvalue weighted by Gasteiger charge is 2.33. The molecule has 6 nitrogen and oxygen atoms in total. The molecule has 0 spiro atoms. The maximum Gasteiger partial charge on any atom is 0.349 e. The van der Waals surface area contributed by atoms with Crippen molar-refractivity contribution in [3.8, 4) is 23.3 Å². The molecule has 4 rings (SSSR count). The van der Waals surface area contributed by atoms with E-state index in [0.717, 1.165) is 5.56 Å². The number of aryl methyl sites for hydroxylation is 1. The zero-order chi connectivity index (χ0) is 23.5. The van der Waals surface area contributed by atoms with Crippen molar-refractivity contribution in [2.24, 2.45) is 5.73 Å². The summed E-state index contributed by atoms with van der Waals surface area (Å²) < 4.78 is 16.6.